The van der Waals surface area contributed by atoms with Gasteiger partial charge in [0, 0.05) is 31.3 Å². The van der Waals surface area contributed by atoms with Crippen LogP contribution in [0.2, 0.25) is 0 Å². The molecule has 0 radical (unpaired) electrons. The first-order chi connectivity index (χ1) is 11.5. The number of hydrogen-bond acceptors (Lipinski definition) is 2. The third-order valence-electron chi connectivity index (χ3n) is 5.71. The molecule has 1 aliphatic heterocycles. The molecule has 0 spiro atoms. The van der Waals surface area contributed by atoms with Crippen molar-refractivity contribution in [3.8, 4) is 0 Å². The predicted octanol–water partition coefficient (Wildman–Crippen LogP) is 3.50. The zero-order valence-electron chi connectivity index (χ0n) is 14.7. The molecular weight excluding hydrogens is 298 g/mol. The highest BCUT2D eigenvalue weighted by Crippen LogP contribution is 2.50. The van der Waals surface area contributed by atoms with E-state index < -0.39 is 0 Å². The van der Waals surface area contributed by atoms with Crippen LogP contribution in [-0.4, -0.2) is 27.1 Å². The SMILES string of the molecule is Cc1ccc([C@@H]2C[C@H]2C(=O)N2CCC[C@H]2c2cnn(C)c2)cc1C. The summed E-state index contributed by atoms with van der Waals surface area (Å²) in [5.41, 5.74) is 5.14. The zero-order valence-corrected chi connectivity index (χ0v) is 14.7. The highest BCUT2D eigenvalue weighted by molar-refractivity contribution is 5.83. The fraction of sp³-hybridized carbons (Fsp3) is 0.500. The summed E-state index contributed by atoms with van der Waals surface area (Å²) in [5, 5.41) is 4.27. The van der Waals surface area contributed by atoms with Crippen molar-refractivity contribution in [2.24, 2.45) is 13.0 Å². The minimum Gasteiger partial charge on any atom is -0.335 e. The zero-order chi connectivity index (χ0) is 16.8. The van der Waals surface area contributed by atoms with Crippen LogP contribution < -0.4 is 0 Å². The van der Waals surface area contributed by atoms with Crippen LogP contribution >= 0.6 is 0 Å². The number of rotatable bonds is 3. The summed E-state index contributed by atoms with van der Waals surface area (Å²) >= 11 is 0. The summed E-state index contributed by atoms with van der Waals surface area (Å²) in [6.45, 7) is 5.17. The first kappa shape index (κ1) is 15.4. The van der Waals surface area contributed by atoms with E-state index in [9.17, 15) is 4.79 Å². The highest BCUT2D eigenvalue weighted by atomic mass is 16.2. The Hall–Kier alpha value is -2.10. The number of carbonyl (C=O) groups excluding carboxylic acids is 1. The Morgan fingerprint density at radius 1 is 1.21 bits per heavy atom. The minimum atomic E-state index is 0.171. The van der Waals surface area contributed by atoms with Gasteiger partial charge in [-0.25, -0.2) is 0 Å². The van der Waals surface area contributed by atoms with E-state index in [1.807, 2.05) is 24.1 Å². The second-order valence-corrected chi connectivity index (χ2v) is 7.43. The van der Waals surface area contributed by atoms with Gasteiger partial charge in [0.1, 0.15) is 0 Å². The number of nitrogens with zero attached hydrogens (tertiary/aromatic N) is 3. The fourth-order valence-corrected chi connectivity index (χ4v) is 4.03. The van der Waals surface area contributed by atoms with Crippen molar-refractivity contribution in [3.05, 3.63) is 52.8 Å². The lowest BCUT2D eigenvalue weighted by molar-refractivity contribution is -0.133. The fourth-order valence-electron chi connectivity index (χ4n) is 4.03. The first-order valence-electron chi connectivity index (χ1n) is 8.91. The van der Waals surface area contributed by atoms with E-state index in [0.29, 0.717) is 11.8 Å². The van der Waals surface area contributed by atoms with Gasteiger partial charge in [-0.1, -0.05) is 18.2 Å². The molecule has 0 N–H and O–H groups in total. The molecule has 126 valence electrons. The molecule has 2 fully saturated rings. The molecule has 0 bridgehead atoms. The highest BCUT2D eigenvalue weighted by Gasteiger charge is 2.47. The largest absolute Gasteiger partial charge is 0.335 e. The van der Waals surface area contributed by atoms with Crippen LogP contribution in [0.3, 0.4) is 0 Å². The number of likely N-dealkylation sites (tertiary alicyclic amines) is 1. The van der Waals surface area contributed by atoms with Crippen LogP contribution in [0.15, 0.2) is 30.6 Å². The van der Waals surface area contributed by atoms with Crippen LogP contribution in [0.1, 0.15) is 53.5 Å². The van der Waals surface area contributed by atoms with Gasteiger partial charge in [0.05, 0.1) is 12.2 Å². The van der Waals surface area contributed by atoms with Crippen molar-refractivity contribution in [1.29, 1.82) is 0 Å². The smallest absolute Gasteiger partial charge is 0.226 e. The van der Waals surface area contributed by atoms with Gasteiger partial charge in [-0.05, 0) is 55.7 Å². The van der Waals surface area contributed by atoms with Crippen molar-refractivity contribution in [2.75, 3.05) is 6.54 Å². The van der Waals surface area contributed by atoms with E-state index in [2.05, 4.69) is 42.0 Å². The summed E-state index contributed by atoms with van der Waals surface area (Å²) in [4.78, 5) is 15.1. The average Bonchev–Trinajstić information content (AvgIpc) is 2.99. The van der Waals surface area contributed by atoms with Gasteiger partial charge in [-0.2, -0.15) is 5.10 Å². The molecular formula is C20H25N3O. The second kappa shape index (κ2) is 5.76. The standard InChI is InChI=1S/C20H25N3O/c1-13-6-7-15(9-14(13)2)17-10-18(17)20(24)23-8-4-5-19(23)16-11-21-22(3)12-16/h6-7,9,11-12,17-19H,4-5,8,10H2,1-3H3/t17-,18+,19-/m0/s1. The molecule has 2 aromatic rings. The number of benzene rings is 1. The molecule has 4 nitrogen and oxygen atoms in total. The van der Waals surface area contributed by atoms with Crippen LogP contribution in [0, 0.1) is 19.8 Å². The van der Waals surface area contributed by atoms with Gasteiger partial charge >= 0.3 is 0 Å². The van der Waals surface area contributed by atoms with E-state index in [1.165, 1.54) is 22.3 Å². The molecule has 2 heterocycles. The number of amides is 1. The Morgan fingerprint density at radius 3 is 2.75 bits per heavy atom. The molecule has 1 amide bonds. The summed E-state index contributed by atoms with van der Waals surface area (Å²) in [5.74, 6) is 0.918. The van der Waals surface area contributed by atoms with E-state index in [0.717, 1.165) is 25.8 Å². The molecule has 1 saturated heterocycles. The van der Waals surface area contributed by atoms with E-state index in [1.54, 1.807) is 0 Å². The van der Waals surface area contributed by atoms with Gasteiger partial charge in [0.15, 0.2) is 0 Å². The summed E-state index contributed by atoms with van der Waals surface area (Å²) in [6, 6.07) is 6.85. The summed E-state index contributed by atoms with van der Waals surface area (Å²) in [7, 11) is 1.93. The lowest BCUT2D eigenvalue weighted by Crippen LogP contribution is -2.32. The van der Waals surface area contributed by atoms with Crippen LogP contribution in [0.5, 0.6) is 0 Å². The maximum absolute atomic E-state index is 13.0. The van der Waals surface area contributed by atoms with E-state index in [-0.39, 0.29) is 12.0 Å². The monoisotopic (exact) mass is 323 g/mol. The van der Waals surface area contributed by atoms with Crippen molar-refractivity contribution in [1.82, 2.24) is 14.7 Å². The summed E-state index contributed by atoms with van der Waals surface area (Å²) < 4.78 is 1.82. The average molecular weight is 323 g/mol. The quantitative estimate of drug-likeness (QED) is 0.867. The molecule has 24 heavy (non-hydrogen) atoms. The van der Waals surface area contributed by atoms with Crippen LogP contribution in [-0.2, 0) is 11.8 Å². The molecule has 4 heteroatoms. The predicted molar refractivity (Wildman–Crippen MR) is 93.7 cm³/mol. The molecule has 3 atom stereocenters. The number of aromatic nitrogens is 2. The lowest BCUT2D eigenvalue weighted by atomic mass is 10.0. The Balaban J connectivity index is 1.49. The normalized spacial score (nSPS) is 26.0. The first-order valence-corrected chi connectivity index (χ1v) is 8.91. The molecule has 1 aromatic carbocycles. The number of carbonyl (C=O) groups is 1. The van der Waals surface area contributed by atoms with Crippen molar-refractivity contribution in [3.63, 3.8) is 0 Å². The lowest BCUT2D eigenvalue weighted by Gasteiger charge is -2.24. The van der Waals surface area contributed by atoms with Gasteiger partial charge in [-0.15, -0.1) is 0 Å². The maximum atomic E-state index is 13.0. The minimum absolute atomic E-state index is 0.171. The van der Waals surface area contributed by atoms with Crippen LogP contribution in [0.25, 0.3) is 0 Å². The topological polar surface area (TPSA) is 38.1 Å². The summed E-state index contributed by atoms with van der Waals surface area (Å²) in [6.07, 6.45) is 7.09. The van der Waals surface area contributed by atoms with Gasteiger partial charge < -0.3 is 4.90 Å². The molecule has 1 saturated carbocycles. The maximum Gasteiger partial charge on any atom is 0.226 e. The number of aryl methyl sites for hydroxylation is 3. The Labute approximate surface area is 143 Å². The Bertz CT molecular complexity index is 779. The Kier molecular flexibility index (Phi) is 3.70. The molecule has 4 rings (SSSR count). The second-order valence-electron chi connectivity index (χ2n) is 7.43. The van der Waals surface area contributed by atoms with E-state index >= 15 is 0 Å². The van der Waals surface area contributed by atoms with Gasteiger partial charge in [-0.3, -0.25) is 9.48 Å². The van der Waals surface area contributed by atoms with Crippen LogP contribution in [0.4, 0.5) is 0 Å². The molecule has 2 aliphatic rings. The third-order valence-corrected chi connectivity index (χ3v) is 5.71. The van der Waals surface area contributed by atoms with Gasteiger partial charge in [0.25, 0.3) is 0 Å². The Morgan fingerprint density at radius 2 is 2.04 bits per heavy atom. The van der Waals surface area contributed by atoms with Crippen molar-refractivity contribution >= 4 is 5.91 Å². The third kappa shape index (κ3) is 2.64. The molecule has 0 unspecified atom stereocenters. The number of hydrogen-bond donors (Lipinski definition) is 0. The van der Waals surface area contributed by atoms with Crippen molar-refractivity contribution in [2.45, 2.75) is 45.1 Å². The van der Waals surface area contributed by atoms with Crippen molar-refractivity contribution < 1.29 is 4.79 Å². The van der Waals surface area contributed by atoms with E-state index in [4.69, 9.17) is 0 Å². The molecule has 1 aromatic heterocycles. The molecule has 1 aliphatic carbocycles. The van der Waals surface area contributed by atoms with Gasteiger partial charge in [0.2, 0.25) is 5.91 Å².